The molecule has 0 bridgehead atoms. The number of thiazole rings is 1. The number of fused-ring (bicyclic) bond motifs is 1. The Morgan fingerprint density at radius 1 is 0.651 bits per heavy atom. The molecule has 2 heterocycles. The summed E-state index contributed by atoms with van der Waals surface area (Å²) in [4.78, 5) is 59.0. The van der Waals surface area contributed by atoms with E-state index in [4.69, 9.17) is 0 Å². The van der Waals surface area contributed by atoms with E-state index in [1.54, 1.807) is 26.0 Å². The van der Waals surface area contributed by atoms with Gasteiger partial charge in [0.25, 0.3) is 0 Å². The number of para-hydroxylation sites is 1. The van der Waals surface area contributed by atoms with Gasteiger partial charge in [0.15, 0.2) is 0 Å². The largest absolute Gasteiger partial charge is 0.480 e. The number of benzene rings is 2. The molecule has 13 nitrogen and oxygen atoms in total. The number of aliphatic carboxylic acids is 3. The number of carboxylic acids is 3. The summed E-state index contributed by atoms with van der Waals surface area (Å²) in [6.45, 7) is 2.07. The van der Waals surface area contributed by atoms with Gasteiger partial charge in [0, 0.05) is 63.6 Å². The van der Waals surface area contributed by atoms with Crippen LogP contribution in [0.4, 0.5) is 5.69 Å². The lowest BCUT2D eigenvalue weighted by Crippen LogP contribution is -2.49. The number of amides is 1. The van der Waals surface area contributed by atoms with Gasteiger partial charge in [0.2, 0.25) is 5.91 Å². The van der Waals surface area contributed by atoms with Crippen molar-refractivity contribution in [2.75, 3.05) is 83.9 Å². The molecule has 0 spiro atoms. The number of nitrogens with one attached hydrogen (secondary N) is 1. The lowest BCUT2D eigenvalue weighted by molar-refractivity contribution is -0.140. The van der Waals surface area contributed by atoms with Crippen LogP contribution in [0.1, 0.15) is 0 Å². The molecule has 0 aliphatic carbocycles. The number of carboxylic acid groups (broad SMARTS) is 3. The third kappa shape index (κ3) is 10.4. The van der Waals surface area contributed by atoms with E-state index in [2.05, 4.69) is 10.3 Å². The fraction of sp³-hybridized carbons (Fsp3) is 0.414. The summed E-state index contributed by atoms with van der Waals surface area (Å²) in [5.74, 6) is -3.25. The van der Waals surface area contributed by atoms with E-state index in [0.29, 0.717) is 58.0 Å². The van der Waals surface area contributed by atoms with Crippen LogP contribution in [0.2, 0.25) is 0 Å². The van der Waals surface area contributed by atoms with Gasteiger partial charge in [-0.2, -0.15) is 0 Å². The standard InChI is InChI=1S/C29H36N6O7S/c36-25(30-22-7-5-21(6-8-22)29-31-23-3-1-2-4-24(23)43-29)17-32-9-11-33(18-26(37)38)13-15-35(20-28(41)42)16-14-34(12-10-32)19-27(39)40/h1-8H,9-20H2,(H,30,36)(H,37,38)(H,39,40)(H,41,42). The van der Waals surface area contributed by atoms with E-state index in [1.807, 2.05) is 53.4 Å². The minimum atomic E-state index is -1.01. The molecule has 0 unspecified atom stereocenters. The fourth-order valence-corrected chi connectivity index (χ4v) is 5.85. The van der Waals surface area contributed by atoms with Gasteiger partial charge in [-0.3, -0.25) is 38.8 Å². The van der Waals surface area contributed by atoms with Crippen molar-refractivity contribution in [3.05, 3.63) is 48.5 Å². The minimum absolute atomic E-state index is 0.0343. The summed E-state index contributed by atoms with van der Waals surface area (Å²) in [6.07, 6.45) is 0. The number of carbonyl (C=O) groups is 4. The van der Waals surface area contributed by atoms with E-state index >= 15 is 0 Å². The second kappa shape index (κ2) is 15.5. The van der Waals surface area contributed by atoms with Gasteiger partial charge in [-0.1, -0.05) is 12.1 Å². The predicted octanol–water partition coefficient (Wildman–Crippen LogP) is 1.38. The molecule has 1 fully saturated rings. The summed E-state index contributed by atoms with van der Waals surface area (Å²) < 4.78 is 1.10. The van der Waals surface area contributed by atoms with Crippen molar-refractivity contribution in [3.63, 3.8) is 0 Å². The molecule has 43 heavy (non-hydrogen) atoms. The highest BCUT2D eigenvalue weighted by atomic mass is 32.1. The first-order chi connectivity index (χ1) is 20.6. The van der Waals surface area contributed by atoms with Crippen molar-refractivity contribution in [2.45, 2.75) is 0 Å². The molecular weight excluding hydrogens is 576 g/mol. The molecule has 0 saturated carbocycles. The number of nitrogens with zero attached hydrogens (tertiary/aromatic N) is 5. The normalized spacial score (nSPS) is 16.7. The van der Waals surface area contributed by atoms with E-state index in [1.165, 1.54) is 0 Å². The molecule has 4 rings (SSSR count). The molecule has 3 aromatic rings. The maximum Gasteiger partial charge on any atom is 0.317 e. The van der Waals surface area contributed by atoms with Crippen LogP contribution in [-0.2, 0) is 19.2 Å². The zero-order valence-corrected chi connectivity index (χ0v) is 24.5. The van der Waals surface area contributed by atoms with Gasteiger partial charge >= 0.3 is 17.9 Å². The number of hydrogen-bond donors (Lipinski definition) is 4. The van der Waals surface area contributed by atoms with Crippen molar-refractivity contribution >= 4 is 51.1 Å². The Morgan fingerprint density at radius 2 is 1.09 bits per heavy atom. The molecule has 2 aromatic carbocycles. The Hall–Kier alpha value is -3.95. The van der Waals surface area contributed by atoms with Gasteiger partial charge in [-0.05, 0) is 36.4 Å². The van der Waals surface area contributed by atoms with E-state index in [-0.39, 0.29) is 32.1 Å². The summed E-state index contributed by atoms with van der Waals surface area (Å²) in [5.41, 5.74) is 2.51. The Labute approximate surface area is 252 Å². The lowest BCUT2D eigenvalue weighted by Gasteiger charge is -2.32. The maximum atomic E-state index is 13.1. The monoisotopic (exact) mass is 612 g/mol. The van der Waals surface area contributed by atoms with Crippen molar-refractivity contribution in [1.82, 2.24) is 24.6 Å². The van der Waals surface area contributed by atoms with Gasteiger partial charge in [0.05, 0.1) is 36.4 Å². The first kappa shape index (κ1) is 32.0. The molecule has 4 N–H and O–H groups in total. The Balaban J connectivity index is 1.41. The summed E-state index contributed by atoms with van der Waals surface area (Å²) in [6, 6.07) is 15.4. The van der Waals surface area contributed by atoms with Crippen LogP contribution in [-0.4, -0.2) is 142 Å². The summed E-state index contributed by atoms with van der Waals surface area (Å²) in [5, 5.41) is 31.9. The molecule has 0 radical (unpaired) electrons. The fourth-order valence-electron chi connectivity index (χ4n) is 4.88. The Bertz CT molecular complexity index is 1350. The topological polar surface area (TPSA) is 167 Å². The van der Waals surface area contributed by atoms with Gasteiger partial charge in [-0.15, -0.1) is 11.3 Å². The van der Waals surface area contributed by atoms with E-state index in [9.17, 15) is 34.5 Å². The van der Waals surface area contributed by atoms with Crippen molar-refractivity contribution < 1.29 is 34.5 Å². The highest BCUT2D eigenvalue weighted by molar-refractivity contribution is 7.21. The van der Waals surface area contributed by atoms with Crippen LogP contribution >= 0.6 is 11.3 Å². The van der Waals surface area contributed by atoms with Crippen LogP contribution in [0, 0.1) is 0 Å². The molecule has 14 heteroatoms. The van der Waals surface area contributed by atoms with Crippen LogP contribution in [0.3, 0.4) is 0 Å². The van der Waals surface area contributed by atoms with E-state index < -0.39 is 17.9 Å². The molecule has 1 saturated heterocycles. The predicted molar refractivity (Wildman–Crippen MR) is 162 cm³/mol. The number of carbonyl (C=O) groups excluding carboxylic acids is 1. The molecule has 0 atom stereocenters. The lowest BCUT2D eigenvalue weighted by atomic mass is 10.2. The zero-order valence-electron chi connectivity index (χ0n) is 23.7. The van der Waals surface area contributed by atoms with Gasteiger partial charge < -0.3 is 20.6 Å². The van der Waals surface area contributed by atoms with Crippen LogP contribution < -0.4 is 5.32 Å². The smallest absolute Gasteiger partial charge is 0.317 e. The number of anilines is 1. The third-order valence-corrected chi connectivity index (χ3v) is 8.17. The highest BCUT2D eigenvalue weighted by Gasteiger charge is 2.21. The first-order valence-corrected chi connectivity index (χ1v) is 14.8. The van der Waals surface area contributed by atoms with Crippen molar-refractivity contribution in [3.8, 4) is 10.6 Å². The Kier molecular flexibility index (Phi) is 11.5. The van der Waals surface area contributed by atoms with Crippen LogP contribution in [0.5, 0.6) is 0 Å². The summed E-state index contributed by atoms with van der Waals surface area (Å²) >= 11 is 1.60. The van der Waals surface area contributed by atoms with E-state index in [0.717, 1.165) is 20.8 Å². The quantitative estimate of drug-likeness (QED) is 0.260. The number of hydrogen-bond acceptors (Lipinski definition) is 10. The molecular formula is C29H36N6O7S. The van der Waals surface area contributed by atoms with Crippen LogP contribution in [0.25, 0.3) is 20.8 Å². The molecule has 1 amide bonds. The molecule has 1 aromatic heterocycles. The van der Waals surface area contributed by atoms with Gasteiger partial charge in [-0.25, -0.2) is 4.98 Å². The molecule has 230 valence electrons. The maximum absolute atomic E-state index is 13.1. The average Bonchev–Trinajstić information content (AvgIpc) is 3.38. The van der Waals surface area contributed by atoms with Crippen molar-refractivity contribution in [1.29, 1.82) is 0 Å². The molecule has 1 aliphatic rings. The Morgan fingerprint density at radius 3 is 1.53 bits per heavy atom. The minimum Gasteiger partial charge on any atom is -0.480 e. The molecule has 1 aliphatic heterocycles. The number of aromatic nitrogens is 1. The van der Waals surface area contributed by atoms with Crippen LogP contribution in [0.15, 0.2) is 48.5 Å². The summed E-state index contributed by atoms with van der Waals surface area (Å²) in [7, 11) is 0. The van der Waals surface area contributed by atoms with Crippen molar-refractivity contribution in [2.24, 2.45) is 0 Å². The second-order valence-corrected chi connectivity index (χ2v) is 11.4. The zero-order chi connectivity index (χ0) is 30.8. The van der Waals surface area contributed by atoms with Gasteiger partial charge in [0.1, 0.15) is 5.01 Å². The number of rotatable bonds is 10. The SMILES string of the molecule is O=C(O)CN1CCN(CC(=O)O)CCN(CC(=O)Nc2ccc(-c3nc4ccccc4s3)cc2)CCN(CC(=O)O)CC1. The first-order valence-electron chi connectivity index (χ1n) is 14.0. The third-order valence-electron chi connectivity index (χ3n) is 7.08. The second-order valence-electron chi connectivity index (χ2n) is 10.4. The average molecular weight is 613 g/mol. The highest BCUT2D eigenvalue weighted by Crippen LogP contribution is 2.30.